The third kappa shape index (κ3) is 4.86. The van der Waals surface area contributed by atoms with E-state index in [1.54, 1.807) is 33.5 Å². The van der Waals surface area contributed by atoms with Gasteiger partial charge in [-0.2, -0.15) is 4.98 Å². The number of nitrogens with zero attached hydrogens (tertiary/aromatic N) is 3. The van der Waals surface area contributed by atoms with Crippen molar-refractivity contribution in [2.45, 2.75) is 26.3 Å². The van der Waals surface area contributed by atoms with Gasteiger partial charge in [0.15, 0.2) is 5.65 Å². The van der Waals surface area contributed by atoms with E-state index < -0.39 is 5.54 Å². The number of ether oxygens (including phenoxy) is 2. The molecule has 3 rings (SSSR count). The highest BCUT2D eigenvalue weighted by atomic mass is 16.5. The summed E-state index contributed by atoms with van der Waals surface area (Å²) in [6, 6.07) is 6.98. The SMILES string of the molecule is CNc1ncc2cc(-c3cc(OC)cc(OC)c3)c(NC(=O)NC(C)(C)C)nc2n1. The van der Waals surface area contributed by atoms with E-state index in [9.17, 15) is 4.79 Å². The van der Waals surface area contributed by atoms with Gasteiger partial charge < -0.3 is 20.1 Å². The van der Waals surface area contributed by atoms with E-state index in [2.05, 4.69) is 30.9 Å². The largest absolute Gasteiger partial charge is 0.497 e. The van der Waals surface area contributed by atoms with Gasteiger partial charge in [0.25, 0.3) is 0 Å². The van der Waals surface area contributed by atoms with Crippen LogP contribution in [0, 0.1) is 0 Å². The lowest BCUT2D eigenvalue weighted by Crippen LogP contribution is -2.43. The van der Waals surface area contributed by atoms with Gasteiger partial charge in [-0.15, -0.1) is 0 Å². The van der Waals surface area contributed by atoms with Crippen LogP contribution in [0.5, 0.6) is 11.5 Å². The van der Waals surface area contributed by atoms with E-state index in [0.29, 0.717) is 34.5 Å². The molecule has 2 amide bonds. The van der Waals surface area contributed by atoms with Crippen molar-refractivity contribution in [3.8, 4) is 22.6 Å². The van der Waals surface area contributed by atoms with E-state index in [1.807, 2.05) is 39.0 Å². The van der Waals surface area contributed by atoms with Crippen molar-refractivity contribution >= 4 is 28.8 Å². The average Bonchev–Trinajstić information content (AvgIpc) is 2.70. The molecule has 9 nitrogen and oxygen atoms in total. The zero-order chi connectivity index (χ0) is 21.9. The summed E-state index contributed by atoms with van der Waals surface area (Å²) < 4.78 is 10.8. The number of methoxy groups -OCH3 is 2. The Bertz CT molecular complexity index is 1060. The minimum absolute atomic E-state index is 0.361. The molecular weight excluding hydrogens is 384 g/mol. The number of benzene rings is 1. The van der Waals surface area contributed by atoms with Gasteiger partial charge in [0, 0.05) is 35.8 Å². The van der Waals surface area contributed by atoms with Crippen LogP contribution in [-0.2, 0) is 0 Å². The van der Waals surface area contributed by atoms with Crippen molar-refractivity contribution < 1.29 is 14.3 Å². The fourth-order valence-electron chi connectivity index (χ4n) is 2.84. The Balaban J connectivity index is 2.16. The maximum absolute atomic E-state index is 12.6. The molecule has 0 saturated carbocycles. The van der Waals surface area contributed by atoms with Crippen LogP contribution in [0.4, 0.5) is 16.6 Å². The highest BCUT2D eigenvalue weighted by molar-refractivity contribution is 5.96. The minimum Gasteiger partial charge on any atom is -0.497 e. The van der Waals surface area contributed by atoms with Gasteiger partial charge in [-0.1, -0.05) is 0 Å². The van der Waals surface area contributed by atoms with Crippen molar-refractivity contribution in [1.82, 2.24) is 20.3 Å². The zero-order valence-corrected chi connectivity index (χ0v) is 18.0. The van der Waals surface area contributed by atoms with E-state index in [4.69, 9.17) is 9.47 Å². The van der Waals surface area contributed by atoms with E-state index in [1.165, 1.54) is 0 Å². The Morgan fingerprint density at radius 2 is 1.67 bits per heavy atom. The minimum atomic E-state index is -0.401. The first kappa shape index (κ1) is 21.1. The Morgan fingerprint density at radius 3 is 2.23 bits per heavy atom. The fraction of sp³-hybridized carbons (Fsp3) is 0.333. The van der Waals surface area contributed by atoms with Crippen LogP contribution in [0.25, 0.3) is 22.2 Å². The summed E-state index contributed by atoms with van der Waals surface area (Å²) >= 11 is 0. The molecule has 2 heterocycles. The van der Waals surface area contributed by atoms with Crippen LogP contribution in [-0.4, -0.2) is 47.8 Å². The number of carbonyl (C=O) groups is 1. The Morgan fingerprint density at radius 1 is 1.00 bits per heavy atom. The number of pyridine rings is 1. The number of amides is 2. The molecule has 0 bridgehead atoms. The zero-order valence-electron chi connectivity index (χ0n) is 18.0. The van der Waals surface area contributed by atoms with Gasteiger partial charge in [0.2, 0.25) is 5.95 Å². The molecule has 0 unspecified atom stereocenters. The molecule has 9 heteroatoms. The van der Waals surface area contributed by atoms with Gasteiger partial charge in [-0.05, 0) is 44.5 Å². The normalized spacial score (nSPS) is 11.1. The van der Waals surface area contributed by atoms with Crippen molar-refractivity contribution in [3.63, 3.8) is 0 Å². The molecule has 30 heavy (non-hydrogen) atoms. The van der Waals surface area contributed by atoms with Crippen LogP contribution in [0.2, 0.25) is 0 Å². The van der Waals surface area contributed by atoms with Crippen LogP contribution >= 0.6 is 0 Å². The van der Waals surface area contributed by atoms with Crippen LogP contribution in [0.3, 0.4) is 0 Å². The monoisotopic (exact) mass is 410 g/mol. The molecule has 0 aliphatic rings. The number of aromatic nitrogens is 3. The van der Waals surface area contributed by atoms with Crippen LogP contribution < -0.4 is 25.4 Å². The third-order valence-electron chi connectivity index (χ3n) is 4.18. The summed E-state index contributed by atoms with van der Waals surface area (Å²) in [5.41, 5.74) is 1.51. The quantitative estimate of drug-likeness (QED) is 0.588. The lowest BCUT2D eigenvalue weighted by Gasteiger charge is -2.21. The van der Waals surface area contributed by atoms with E-state index in [0.717, 1.165) is 10.9 Å². The second kappa shape index (κ2) is 8.40. The first-order valence-corrected chi connectivity index (χ1v) is 9.40. The number of nitrogens with one attached hydrogen (secondary N) is 3. The molecule has 0 aliphatic carbocycles. The van der Waals surface area contributed by atoms with Crippen molar-refractivity contribution in [3.05, 3.63) is 30.5 Å². The topological polar surface area (TPSA) is 110 Å². The summed E-state index contributed by atoms with van der Waals surface area (Å²) in [5.74, 6) is 2.05. The van der Waals surface area contributed by atoms with Crippen molar-refractivity contribution in [2.75, 3.05) is 31.9 Å². The molecule has 1 aromatic carbocycles. The lowest BCUT2D eigenvalue weighted by molar-refractivity contribution is 0.243. The summed E-state index contributed by atoms with van der Waals surface area (Å²) in [7, 11) is 4.90. The van der Waals surface area contributed by atoms with Crippen molar-refractivity contribution in [1.29, 1.82) is 0 Å². The molecule has 0 spiro atoms. The lowest BCUT2D eigenvalue weighted by atomic mass is 10.0. The van der Waals surface area contributed by atoms with Crippen molar-refractivity contribution in [2.24, 2.45) is 0 Å². The molecule has 0 atom stereocenters. The second-order valence-electron chi connectivity index (χ2n) is 7.67. The first-order valence-electron chi connectivity index (χ1n) is 9.40. The van der Waals surface area contributed by atoms with Gasteiger partial charge in [-0.3, -0.25) is 5.32 Å². The smallest absolute Gasteiger partial charge is 0.320 e. The predicted molar refractivity (Wildman–Crippen MR) is 117 cm³/mol. The maximum Gasteiger partial charge on any atom is 0.320 e. The van der Waals surface area contributed by atoms with Gasteiger partial charge >= 0.3 is 6.03 Å². The number of hydrogen-bond acceptors (Lipinski definition) is 7. The average molecular weight is 410 g/mol. The summed E-state index contributed by atoms with van der Waals surface area (Å²) in [6.45, 7) is 5.71. The molecule has 2 aromatic heterocycles. The number of rotatable bonds is 5. The van der Waals surface area contributed by atoms with E-state index >= 15 is 0 Å². The molecule has 3 aromatic rings. The standard InChI is InChI=1S/C21H26N6O3/c1-21(2,3)27-20(28)26-18-16(12-7-14(29-5)10-15(8-12)30-6)9-13-11-23-19(22-4)25-17(13)24-18/h7-11H,1-6H3,(H3,22,23,24,25,26,27,28). The molecule has 0 fully saturated rings. The molecule has 0 saturated heterocycles. The molecule has 3 N–H and O–H groups in total. The highest BCUT2D eigenvalue weighted by Gasteiger charge is 2.18. The second-order valence-corrected chi connectivity index (χ2v) is 7.67. The molecule has 158 valence electrons. The number of hydrogen-bond donors (Lipinski definition) is 3. The number of fused-ring (bicyclic) bond motifs is 1. The maximum atomic E-state index is 12.6. The number of anilines is 2. The Kier molecular flexibility index (Phi) is 5.91. The van der Waals surface area contributed by atoms with Crippen LogP contribution in [0.1, 0.15) is 20.8 Å². The Labute approximate surface area is 175 Å². The van der Waals surface area contributed by atoms with Gasteiger partial charge in [-0.25, -0.2) is 14.8 Å². The predicted octanol–water partition coefficient (Wildman–Crippen LogP) is 3.67. The van der Waals surface area contributed by atoms with Gasteiger partial charge in [0.05, 0.1) is 14.2 Å². The molecule has 0 radical (unpaired) electrons. The molecular formula is C21H26N6O3. The fourth-order valence-corrected chi connectivity index (χ4v) is 2.84. The molecule has 0 aliphatic heterocycles. The third-order valence-corrected chi connectivity index (χ3v) is 4.18. The summed E-state index contributed by atoms with van der Waals surface area (Å²) in [5, 5.41) is 9.35. The Hall–Kier alpha value is -3.62. The van der Waals surface area contributed by atoms with Crippen LogP contribution in [0.15, 0.2) is 30.5 Å². The number of carbonyl (C=O) groups excluding carboxylic acids is 1. The number of urea groups is 1. The van der Waals surface area contributed by atoms with Gasteiger partial charge in [0.1, 0.15) is 17.3 Å². The highest BCUT2D eigenvalue weighted by Crippen LogP contribution is 2.35. The summed E-state index contributed by atoms with van der Waals surface area (Å²) in [4.78, 5) is 25.8. The first-order chi connectivity index (χ1) is 14.2. The summed E-state index contributed by atoms with van der Waals surface area (Å²) in [6.07, 6.45) is 1.68. The van der Waals surface area contributed by atoms with E-state index in [-0.39, 0.29) is 6.03 Å².